The van der Waals surface area contributed by atoms with E-state index in [2.05, 4.69) is 0 Å². The van der Waals surface area contributed by atoms with Gasteiger partial charge in [0.2, 0.25) is 0 Å². The van der Waals surface area contributed by atoms with Gasteiger partial charge in [0.25, 0.3) is 0 Å². The summed E-state index contributed by atoms with van der Waals surface area (Å²) in [5, 5.41) is 0. The van der Waals surface area contributed by atoms with Crippen molar-refractivity contribution in [1.82, 2.24) is 0 Å². The molecule has 0 aromatic heterocycles. The average molecular weight is 515 g/mol. The second kappa shape index (κ2) is 10.2. The van der Waals surface area contributed by atoms with Crippen LogP contribution in [0.15, 0.2) is 84.9 Å². The lowest BCUT2D eigenvalue weighted by Gasteiger charge is -2.17. The van der Waals surface area contributed by atoms with Crippen LogP contribution in [0.25, 0.3) is 0 Å². The molecular formula is C29H24F6N2. The number of nitrogen functional groups attached to an aromatic ring is 2. The van der Waals surface area contributed by atoms with Gasteiger partial charge in [0.05, 0.1) is 11.1 Å². The Labute approximate surface area is 210 Å². The molecule has 0 aliphatic heterocycles. The van der Waals surface area contributed by atoms with Crippen molar-refractivity contribution in [1.29, 1.82) is 0 Å². The zero-order valence-electron chi connectivity index (χ0n) is 19.6. The average Bonchev–Trinajstić information content (AvgIpc) is 2.82. The minimum Gasteiger partial charge on any atom is -0.399 e. The van der Waals surface area contributed by atoms with Crippen LogP contribution in [0.4, 0.5) is 37.7 Å². The standard InChI is InChI=1S/C29H24F6N2/c30-28(31,32)26-16-20(1-7-22(26)14-18-3-9-24(36)10-4-18)13-21-2-8-23(27(17-21)29(33,34)35)15-19-5-11-25(37)12-6-19/h1-12,16-17H,13-15,36-37H2. The molecule has 4 rings (SSSR count). The highest BCUT2D eigenvalue weighted by atomic mass is 19.4. The van der Waals surface area contributed by atoms with Gasteiger partial charge in [-0.05, 0) is 89.0 Å². The highest BCUT2D eigenvalue weighted by Gasteiger charge is 2.35. The zero-order chi connectivity index (χ0) is 26.8. The highest BCUT2D eigenvalue weighted by molar-refractivity contribution is 5.45. The number of benzene rings is 4. The summed E-state index contributed by atoms with van der Waals surface area (Å²) in [5.41, 5.74) is 12.7. The van der Waals surface area contributed by atoms with Crippen molar-refractivity contribution >= 4 is 11.4 Å². The van der Waals surface area contributed by atoms with Crippen LogP contribution >= 0.6 is 0 Å². The van der Waals surface area contributed by atoms with Gasteiger partial charge in [-0.2, -0.15) is 26.3 Å². The minimum atomic E-state index is -4.61. The minimum absolute atomic E-state index is 0.0491. The molecule has 0 bridgehead atoms. The molecular weight excluding hydrogens is 490 g/mol. The Balaban J connectivity index is 1.63. The Morgan fingerprint density at radius 3 is 1.08 bits per heavy atom. The van der Waals surface area contributed by atoms with E-state index in [-0.39, 0.29) is 41.5 Å². The van der Waals surface area contributed by atoms with E-state index < -0.39 is 23.5 Å². The predicted octanol–water partition coefficient (Wildman–Crippen LogP) is 7.66. The molecule has 0 unspecified atom stereocenters. The van der Waals surface area contributed by atoms with E-state index in [0.717, 1.165) is 12.1 Å². The fourth-order valence-electron chi connectivity index (χ4n) is 4.25. The maximum Gasteiger partial charge on any atom is 0.416 e. The van der Waals surface area contributed by atoms with E-state index >= 15 is 0 Å². The normalized spacial score (nSPS) is 12.1. The van der Waals surface area contributed by atoms with Crippen LogP contribution in [0, 0.1) is 0 Å². The lowest BCUT2D eigenvalue weighted by atomic mass is 9.92. The van der Waals surface area contributed by atoms with Crippen molar-refractivity contribution in [3.8, 4) is 0 Å². The smallest absolute Gasteiger partial charge is 0.399 e. The van der Waals surface area contributed by atoms with Crippen molar-refractivity contribution in [3.05, 3.63) is 129 Å². The van der Waals surface area contributed by atoms with E-state index in [9.17, 15) is 26.3 Å². The number of alkyl halides is 6. The van der Waals surface area contributed by atoms with Crippen LogP contribution in [-0.2, 0) is 31.6 Å². The Kier molecular flexibility index (Phi) is 7.21. The van der Waals surface area contributed by atoms with Gasteiger partial charge in [0, 0.05) is 11.4 Å². The molecule has 0 atom stereocenters. The summed E-state index contributed by atoms with van der Waals surface area (Å²) in [6, 6.07) is 21.0. The Bertz CT molecular complexity index is 1260. The predicted molar refractivity (Wildman–Crippen MR) is 133 cm³/mol. The molecule has 4 N–H and O–H groups in total. The number of rotatable bonds is 6. The van der Waals surface area contributed by atoms with Crippen LogP contribution in [0.5, 0.6) is 0 Å². The summed E-state index contributed by atoms with van der Waals surface area (Å²) >= 11 is 0. The first kappa shape index (κ1) is 26.1. The Morgan fingerprint density at radius 1 is 0.432 bits per heavy atom. The molecule has 0 radical (unpaired) electrons. The van der Waals surface area contributed by atoms with Crippen molar-refractivity contribution < 1.29 is 26.3 Å². The molecule has 4 aromatic carbocycles. The molecule has 0 amide bonds. The zero-order valence-corrected chi connectivity index (χ0v) is 19.6. The molecule has 37 heavy (non-hydrogen) atoms. The fraction of sp³-hybridized carbons (Fsp3) is 0.172. The quantitative estimate of drug-likeness (QED) is 0.205. The van der Waals surface area contributed by atoms with Crippen LogP contribution < -0.4 is 11.5 Å². The number of hydrogen-bond donors (Lipinski definition) is 2. The third kappa shape index (κ3) is 6.64. The highest BCUT2D eigenvalue weighted by Crippen LogP contribution is 2.36. The molecule has 192 valence electrons. The van der Waals surface area contributed by atoms with Crippen LogP contribution in [0.3, 0.4) is 0 Å². The molecule has 0 spiro atoms. The summed E-state index contributed by atoms with van der Waals surface area (Å²) in [6.07, 6.45) is -9.20. The third-order valence-electron chi connectivity index (χ3n) is 6.12. The number of nitrogens with two attached hydrogens (primary N) is 2. The summed E-state index contributed by atoms with van der Waals surface area (Å²) in [5.74, 6) is 0. The maximum absolute atomic E-state index is 13.9. The van der Waals surface area contributed by atoms with E-state index in [1.807, 2.05) is 0 Å². The van der Waals surface area contributed by atoms with E-state index in [1.165, 1.54) is 24.3 Å². The van der Waals surface area contributed by atoms with Gasteiger partial charge in [-0.1, -0.05) is 48.5 Å². The number of halogens is 6. The summed E-state index contributed by atoms with van der Waals surface area (Å²) in [4.78, 5) is 0. The summed E-state index contributed by atoms with van der Waals surface area (Å²) in [7, 11) is 0. The van der Waals surface area contributed by atoms with E-state index in [1.54, 1.807) is 48.5 Å². The van der Waals surface area contributed by atoms with E-state index in [4.69, 9.17) is 11.5 Å². The third-order valence-corrected chi connectivity index (χ3v) is 6.12. The van der Waals surface area contributed by atoms with Crippen LogP contribution in [-0.4, -0.2) is 0 Å². The Morgan fingerprint density at radius 2 is 0.757 bits per heavy atom. The van der Waals surface area contributed by atoms with Crippen molar-refractivity contribution in [2.45, 2.75) is 31.6 Å². The topological polar surface area (TPSA) is 52.0 Å². The molecule has 0 fully saturated rings. The summed E-state index contributed by atoms with van der Waals surface area (Å²) < 4.78 is 83.2. The monoisotopic (exact) mass is 514 g/mol. The van der Waals surface area contributed by atoms with Gasteiger partial charge in [-0.15, -0.1) is 0 Å². The van der Waals surface area contributed by atoms with Crippen molar-refractivity contribution in [2.75, 3.05) is 11.5 Å². The lowest BCUT2D eigenvalue weighted by Crippen LogP contribution is -2.12. The maximum atomic E-state index is 13.9. The number of anilines is 2. The van der Waals surface area contributed by atoms with E-state index in [0.29, 0.717) is 22.5 Å². The van der Waals surface area contributed by atoms with Gasteiger partial charge in [-0.3, -0.25) is 0 Å². The SMILES string of the molecule is Nc1ccc(Cc2ccc(Cc3ccc(Cc4ccc(N)cc4)c(C(F)(F)F)c3)cc2C(F)(F)F)cc1. The van der Waals surface area contributed by atoms with Gasteiger partial charge in [0.15, 0.2) is 0 Å². The molecule has 4 aromatic rings. The van der Waals surface area contributed by atoms with Crippen LogP contribution in [0.1, 0.15) is 44.5 Å². The molecule has 0 aliphatic rings. The molecule has 0 saturated heterocycles. The lowest BCUT2D eigenvalue weighted by molar-refractivity contribution is -0.139. The summed E-state index contributed by atoms with van der Waals surface area (Å²) in [6.45, 7) is 0. The molecule has 0 saturated carbocycles. The first-order chi connectivity index (χ1) is 17.4. The second-order valence-corrected chi connectivity index (χ2v) is 8.99. The second-order valence-electron chi connectivity index (χ2n) is 8.99. The molecule has 0 heterocycles. The van der Waals surface area contributed by atoms with Crippen molar-refractivity contribution in [3.63, 3.8) is 0 Å². The molecule has 2 nitrogen and oxygen atoms in total. The molecule has 0 aliphatic carbocycles. The van der Waals surface area contributed by atoms with Crippen molar-refractivity contribution in [2.24, 2.45) is 0 Å². The number of hydrogen-bond acceptors (Lipinski definition) is 2. The Hall–Kier alpha value is -3.94. The largest absolute Gasteiger partial charge is 0.416 e. The van der Waals surface area contributed by atoms with Gasteiger partial charge in [-0.25, -0.2) is 0 Å². The molecule has 8 heteroatoms. The van der Waals surface area contributed by atoms with Crippen LogP contribution in [0.2, 0.25) is 0 Å². The van der Waals surface area contributed by atoms with Gasteiger partial charge >= 0.3 is 12.4 Å². The fourth-order valence-corrected chi connectivity index (χ4v) is 4.25. The van der Waals surface area contributed by atoms with Gasteiger partial charge < -0.3 is 11.5 Å². The first-order valence-corrected chi connectivity index (χ1v) is 11.5. The first-order valence-electron chi connectivity index (χ1n) is 11.5. The van der Waals surface area contributed by atoms with Gasteiger partial charge in [0.1, 0.15) is 0 Å².